The van der Waals surface area contributed by atoms with Crippen LogP contribution in [-0.2, 0) is 12.8 Å². The second-order valence-corrected chi connectivity index (χ2v) is 7.81. The quantitative estimate of drug-likeness (QED) is 0.654. The third-order valence-electron chi connectivity index (χ3n) is 5.53. The Morgan fingerprint density at radius 3 is 2.61 bits per heavy atom. The number of hydrogen-bond acceptors (Lipinski definition) is 3. The van der Waals surface area contributed by atoms with E-state index in [1.54, 1.807) is 7.11 Å². The first kappa shape index (κ1) is 18.6. The van der Waals surface area contributed by atoms with E-state index in [1.807, 2.05) is 12.1 Å². The molecule has 1 N–H and O–H groups in total. The van der Waals surface area contributed by atoms with Crippen molar-refractivity contribution in [2.24, 2.45) is 0 Å². The molecule has 28 heavy (non-hydrogen) atoms. The summed E-state index contributed by atoms with van der Waals surface area (Å²) >= 11 is 0. The molecular formula is C24H29N3O. The van der Waals surface area contributed by atoms with Gasteiger partial charge in [0, 0.05) is 18.5 Å². The Balaban J connectivity index is 1.78. The molecule has 1 aliphatic heterocycles. The number of nitrogens with one attached hydrogen (secondary N) is 1. The lowest BCUT2D eigenvalue weighted by atomic mass is 10.0. The number of ether oxygens (including phenoxy) is 1. The van der Waals surface area contributed by atoms with Crippen LogP contribution in [0.25, 0.3) is 5.69 Å². The Morgan fingerprint density at radius 2 is 1.86 bits per heavy atom. The van der Waals surface area contributed by atoms with E-state index < -0.39 is 0 Å². The zero-order valence-electron chi connectivity index (χ0n) is 17.0. The summed E-state index contributed by atoms with van der Waals surface area (Å²) in [5, 5.41) is 8.77. The van der Waals surface area contributed by atoms with Crippen molar-refractivity contribution in [3.63, 3.8) is 0 Å². The highest BCUT2D eigenvalue weighted by Gasteiger charge is 2.22. The molecule has 4 rings (SSSR count). The van der Waals surface area contributed by atoms with Crippen LogP contribution in [0.3, 0.4) is 0 Å². The van der Waals surface area contributed by atoms with Crippen molar-refractivity contribution in [1.29, 1.82) is 0 Å². The fourth-order valence-electron chi connectivity index (χ4n) is 4.00. The number of hydrogen-bond donors (Lipinski definition) is 1. The molecule has 2 aromatic carbocycles. The standard InChI is InChI=1S/C24H29N3O/c1-17(2)20-8-4-5-10-23(20)27-24-21(9-6-7-15-25-24)22(26-27)16-18-11-13-19(28-3)14-12-18/h4-5,8,10-14,17,25H,6-7,9,15-16H2,1-3H3. The first-order valence-electron chi connectivity index (χ1n) is 10.2. The number of aromatic nitrogens is 2. The molecule has 1 aliphatic rings. The van der Waals surface area contributed by atoms with E-state index in [-0.39, 0.29) is 0 Å². The molecular weight excluding hydrogens is 346 g/mol. The highest BCUT2D eigenvalue weighted by molar-refractivity contribution is 5.57. The van der Waals surface area contributed by atoms with Crippen LogP contribution in [0.2, 0.25) is 0 Å². The van der Waals surface area contributed by atoms with Crippen molar-refractivity contribution >= 4 is 5.82 Å². The van der Waals surface area contributed by atoms with Crippen molar-refractivity contribution < 1.29 is 4.74 Å². The van der Waals surface area contributed by atoms with E-state index >= 15 is 0 Å². The minimum Gasteiger partial charge on any atom is -0.497 e. The summed E-state index contributed by atoms with van der Waals surface area (Å²) in [4.78, 5) is 0. The maximum absolute atomic E-state index is 5.29. The average molecular weight is 376 g/mol. The van der Waals surface area contributed by atoms with Gasteiger partial charge in [0.05, 0.1) is 18.5 Å². The Bertz CT molecular complexity index is 941. The van der Waals surface area contributed by atoms with Crippen LogP contribution in [0, 0.1) is 0 Å². The van der Waals surface area contributed by atoms with Crippen LogP contribution in [0.1, 0.15) is 55.0 Å². The number of methoxy groups -OCH3 is 1. The lowest BCUT2D eigenvalue weighted by molar-refractivity contribution is 0.414. The van der Waals surface area contributed by atoms with Crippen LogP contribution in [-0.4, -0.2) is 23.4 Å². The van der Waals surface area contributed by atoms with Gasteiger partial charge in [-0.1, -0.05) is 44.2 Å². The smallest absolute Gasteiger partial charge is 0.133 e. The van der Waals surface area contributed by atoms with Crippen LogP contribution in [0.15, 0.2) is 48.5 Å². The van der Waals surface area contributed by atoms with Crippen molar-refractivity contribution in [3.8, 4) is 11.4 Å². The fourth-order valence-corrected chi connectivity index (χ4v) is 4.00. The zero-order valence-corrected chi connectivity index (χ0v) is 17.0. The molecule has 0 fully saturated rings. The Kier molecular flexibility index (Phi) is 5.38. The predicted molar refractivity (Wildman–Crippen MR) is 115 cm³/mol. The first-order chi connectivity index (χ1) is 13.7. The summed E-state index contributed by atoms with van der Waals surface area (Å²) < 4.78 is 7.44. The molecule has 0 saturated carbocycles. The highest BCUT2D eigenvalue weighted by atomic mass is 16.5. The monoisotopic (exact) mass is 375 g/mol. The fraction of sp³-hybridized carbons (Fsp3) is 0.375. The molecule has 3 aromatic rings. The van der Waals surface area contributed by atoms with Gasteiger partial charge in [-0.05, 0) is 54.5 Å². The van der Waals surface area contributed by atoms with E-state index in [4.69, 9.17) is 9.84 Å². The number of benzene rings is 2. The zero-order chi connectivity index (χ0) is 19.5. The second-order valence-electron chi connectivity index (χ2n) is 7.81. The average Bonchev–Trinajstić information content (AvgIpc) is 2.89. The summed E-state index contributed by atoms with van der Waals surface area (Å²) in [5.41, 5.74) is 6.31. The number of para-hydroxylation sites is 1. The molecule has 1 aromatic heterocycles. The van der Waals surface area contributed by atoms with E-state index in [0.29, 0.717) is 5.92 Å². The van der Waals surface area contributed by atoms with Gasteiger partial charge < -0.3 is 10.1 Å². The minimum atomic E-state index is 0.451. The summed E-state index contributed by atoms with van der Waals surface area (Å²) in [7, 11) is 1.70. The van der Waals surface area contributed by atoms with Crippen molar-refractivity contribution in [3.05, 3.63) is 70.9 Å². The van der Waals surface area contributed by atoms with Gasteiger partial charge in [0.25, 0.3) is 0 Å². The van der Waals surface area contributed by atoms with Crippen LogP contribution in [0.4, 0.5) is 5.82 Å². The molecule has 146 valence electrons. The second kappa shape index (κ2) is 8.09. The van der Waals surface area contributed by atoms with Crippen LogP contribution >= 0.6 is 0 Å². The van der Waals surface area contributed by atoms with E-state index in [9.17, 15) is 0 Å². The molecule has 0 saturated heterocycles. The van der Waals surface area contributed by atoms with Crippen molar-refractivity contribution in [1.82, 2.24) is 9.78 Å². The molecule has 0 aliphatic carbocycles. The molecule has 0 radical (unpaired) electrons. The van der Waals surface area contributed by atoms with Crippen molar-refractivity contribution in [2.75, 3.05) is 19.0 Å². The lowest BCUT2D eigenvalue weighted by Gasteiger charge is -2.15. The third kappa shape index (κ3) is 3.64. The van der Waals surface area contributed by atoms with E-state index in [1.165, 1.54) is 46.7 Å². The van der Waals surface area contributed by atoms with E-state index in [0.717, 1.165) is 25.1 Å². The molecule has 4 heteroatoms. The molecule has 0 bridgehead atoms. The Hall–Kier alpha value is -2.75. The summed E-state index contributed by atoms with van der Waals surface area (Å²) in [6, 6.07) is 16.9. The molecule has 0 unspecified atom stereocenters. The van der Waals surface area contributed by atoms with Crippen molar-refractivity contribution in [2.45, 2.75) is 45.4 Å². The van der Waals surface area contributed by atoms with Gasteiger partial charge >= 0.3 is 0 Å². The molecule has 0 spiro atoms. The third-order valence-corrected chi connectivity index (χ3v) is 5.53. The Labute approximate surface area is 167 Å². The highest BCUT2D eigenvalue weighted by Crippen LogP contribution is 2.32. The lowest BCUT2D eigenvalue weighted by Crippen LogP contribution is -2.09. The predicted octanol–water partition coefficient (Wildman–Crippen LogP) is 5.34. The maximum Gasteiger partial charge on any atom is 0.133 e. The molecule has 0 amide bonds. The normalized spacial score (nSPS) is 13.7. The van der Waals surface area contributed by atoms with Gasteiger partial charge in [0.15, 0.2) is 0 Å². The number of anilines is 1. The molecule has 0 atom stereocenters. The van der Waals surface area contributed by atoms with E-state index in [2.05, 4.69) is 60.2 Å². The Morgan fingerprint density at radius 1 is 1.07 bits per heavy atom. The first-order valence-corrected chi connectivity index (χ1v) is 10.2. The molecule has 4 nitrogen and oxygen atoms in total. The van der Waals surface area contributed by atoms with Gasteiger partial charge in [-0.2, -0.15) is 5.10 Å². The topological polar surface area (TPSA) is 39.1 Å². The molecule has 2 heterocycles. The maximum atomic E-state index is 5.29. The summed E-state index contributed by atoms with van der Waals surface area (Å²) in [6.07, 6.45) is 4.32. The largest absolute Gasteiger partial charge is 0.497 e. The summed E-state index contributed by atoms with van der Waals surface area (Å²) in [5.74, 6) is 2.52. The van der Waals surface area contributed by atoms with Gasteiger partial charge in [0.1, 0.15) is 11.6 Å². The van der Waals surface area contributed by atoms with Crippen LogP contribution in [0.5, 0.6) is 5.75 Å². The van der Waals surface area contributed by atoms with Gasteiger partial charge in [-0.25, -0.2) is 4.68 Å². The SMILES string of the molecule is COc1ccc(Cc2nn(-c3ccccc3C(C)C)c3c2CCCCN3)cc1. The van der Waals surface area contributed by atoms with Gasteiger partial charge in [-0.15, -0.1) is 0 Å². The number of fused-ring (bicyclic) bond motifs is 1. The minimum absolute atomic E-state index is 0.451. The number of nitrogens with zero attached hydrogens (tertiary/aromatic N) is 2. The van der Waals surface area contributed by atoms with Gasteiger partial charge in [-0.3, -0.25) is 0 Å². The number of rotatable bonds is 5. The summed E-state index contributed by atoms with van der Waals surface area (Å²) in [6.45, 7) is 5.49. The van der Waals surface area contributed by atoms with Gasteiger partial charge in [0.2, 0.25) is 0 Å². The van der Waals surface area contributed by atoms with Crippen LogP contribution < -0.4 is 10.1 Å².